The second-order valence-corrected chi connectivity index (χ2v) is 27.1. The van der Waals surface area contributed by atoms with Crippen LogP contribution >= 0.6 is 0 Å². The normalized spacial score (nSPS) is 27.6. The van der Waals surface area contributed by atoms with Crippen LogP contribution in [-0.4, -0.2) is 193 Å². The van der Waals surface area contributed by atoms with Crippen molar-refractivity contribution in [1.29, 1.82) is 0 Å². The van der Waals surface area contributed by atoms with Gasteiger partial charge >= 0.3 is 0 Å². The fraction of sp³-hybridized carbons (Fsp3) is 0.880. The zero-order valence-corrected chi connectivity index (χ0v) is 58.4. The molecule has 17 atom stereocenters. The van der Waals surface area contributed by atoms with E-state index < -0.39 is 124 Å². The first-order valence-corrected chi connectivity index (χ1v) is 37.9. The Kier molecular flexibility index (Phi) is 51.7. The van der Waals surface area contributed by atoms with Crippen molar-refractivity contribution < 1.29 is 89.4 Å². The lowest BCUT2D eigenvalue weighted by atomic mass is 9.96. The third kappa shape index (κ3) is 37.3. The van der Waals surface area contributed by atoms with Crippen molar-refractivity contribution >= 4 is 5.91 Å². The van der Waals surface area contributed by atoms with Gasteiger partial charge in [0.05, 0.1) is 38.6 Å². The van der Waals surface area contributed by atoms with Crippen molar-refractivity contribution in [2.45, 2.75) is 394 Å². The molecule has 0 aromatic rings. The van der Waals surface area contributed by atoms with E-state index in [1.165, 1.54) is 180 Å². The summed E-state index contributed by atoms with van der Waals surface area (Å²) in [6.07, 6.45) is 41.8. The van der Waals surface area contributed by atoms with Crippen molar-refractivity contribution in [3.8, 4) is 0 Å². The molecule has 17 unspecified atom stereocenters. The lowest BCUT2D eigenvalue weighted by molar-refractivity contribution is -0.379. The van der Waals surface area contributed by atoms with Gasteiger partial charge in [0.2, 0.25) is 5.91 Å². The predicted octanol–water partition coefficient (Wildman–Crippen LogP) is 11.3. The highest BCUT2D eigenvalue weighted by Crippen LogP contribution is 2.33. The molecule has 0 aromatic heterocycles. The number of ether oxygens (including phenoxy) is 6. The second kappa shape index (κ2) is 56.5. The molecule has 3 saturated heterocycles. The highest BCUT2D eigenvalue weighted by atomic mass is 16.8. The van der Waals surface area contributed by atoms with Gasteiger partial charge in [0.1, 0.15) is 73.2 Å². The fourth-order valence-corrected chi connectivity index (χ4v) is 12.8. The van der Waals surface area contributed by atoms with Crippen LogP contribution in [0.3, 0.4) is 0 Å². The highest BCUT2D eigenvalue weighted by Gasteiger charge is 2.53. The summed E-state index contributed by atoms with van der Waals surface area (Å²) in [5.41, 5.74) is 0. The van der Waals surface area contributed by atoms with E-state index in [1.54, 1.807) is 0 Å². The standard InChI is InChI=1S/C75H137NO18/c1-3-5-7-9-11-13-15-17-19-21-23-25-27-29-31-33-35-37-39-41-43-45-47-49-51-53-63(81)76-58(59(80)52-50-48-46-44-42-40-38-36-34-32-30-28-26-24-22-20-18-16-14-12-10-8-6-4-2)57-89-73-69(87)66(84)71(61(55-78)91-73)94-75-70(88)67(85)72(62(56-79)92-75)93-74-68(86)65(83)64(82)60(54-77)90-74/h5,7,11,13,17,19,23,25,58-62,64-75,77-80,82-88H,3-4,6,8-10,12,14-16,18,20-22,24,26-57H2,1-2H3,(H,76,81)/b7-5-,13-11-,19-17-,25-23-. The van der Waals surface area contributed by atoms with Crippen molar-refractivity contribution in [1.82, 2.24) is 5.32 Å². The van der Waals surface area contributed by atoms with E-state index in [1.807, 2.05) is 0 Å². The minimum atomic E-state index is -1.97. The molecule has 12 N–H and O–H groups in total. The molecule has 0 radical (unpaired) electrons. The molecule has 3 heterocycles. The number of hydrogen-bond acceptors (Lipinski definition) is 18. The third-order valence-electron chi connectivity index (χ3n) is 18.9. The number of carbonyl (C=O) groups excluding carboxylic acids is 1. The number of hydrogen-bond donors (Lipinski definition) is 12. The summed E-state index contributed by atoms with van der Waals surface area (Å²) in [5.74, 6) is -0.243. The maximum atomic E-state index is 13.5. The molecule has 0 bridgehead atoms. The number of allylic oxidation sites excluding steroid dienone is 8. The summed E-state index contributed by atoms with van der Waals surface area (Å²) in [7, 11) is 0. The predicted molar refractivity (Wildman–Crippen MR) is 369 cm³/mol. The van der Waals surface area contributed by atoms with Gasteiger partial charge in [-0.3, -0.25) is 4.79 Å². The van der Waals surface area contributed by atoms with Gasteiger partial charge in [0, 0.05) is 6.42 Å². The van der Waals surface area contributed by atoms with Crippen LogP contribution in [0.15, 0.2) is 48.6 Å². The van der Waals surface area contributed by atoms with E-state index in [2.05, 4.69) is 67.8 Å². The van der Waals surface area contributed by atoms with Gasteiger partial charge in [-0.15, -0.1) is 0 Å². The number of aliphatic hydroxyl groups excluding tert-OH is 11. The first-order valence-electron chi connectivity index (χ1n) is 37.9. The molecule has 3 rings (SSSR count). The summed E-state index contributed by atoms with van der Waals surface area (Å²) < 4.78 is 34.5. The molecule has 19 heteroatoms. The Labute approximate surface area is 567 Å². The minimum Gasteiger partial charge on any atom is -0.394 e. The van der Waals surface area contributed by atoms with Gasteiger partial charge in [-0.2, -0.15) is 0 Å². The summed E-state index contributed by atoms with van der Waals surface area (Å²) in [4.78, 5) is 13.5. The van der Waals surface area contributed by atoms with Crippen LogP contribution < -0.4 is 5.32 Å². The molecular weight excluding hydrogens is 1200 g/mol. The van der Waals surface area contributed by atoms with E-state index in [-0.39, 0.29) is 18.9 Å². The molecule has 0 aliphatic carbocycles. The van der Waals surface area contributed by atoms with Crippen LogP contribution in [0.2, 0.25) is 0 Å². The third-order valence-corrected chi connectivity index (χ3v) is 18.9. The number of nitrogens with one attached hydrogen (secondary N) is 1. The Bertz CT molecular complexity index is 1890. The Balaban J connectivity index is 1.40. The molecule has 3 aliphatic rings. The number of unbranched alkanes of at least 4 members (excludes halogenated alkanes) is 35. The lowest BCUT2D eigenvalue weighted by Gasteiger charge is -2.48. The van der Waals surface area contributed by atoms with Crippen LogP contribution in [0, 0.1) is 0 Å². The molecule has 0 saturated carbocycles. The zero-order chi connectivity index (χ0) is 68.2. The van der Waals surface area contributed by atoms with E-state index >= 15 is 0 Å². The van der Waals surface area contributed by atoms with Crippen LogP contribution in [0.5, 0.6) is 0 Å². The largest absolute Gasteiger partial charge is 0.394 e. The Morgan fingerprint density at radius 2 is 0.734 bits per heavy atom. The van der Waals surface area contributed by atoms with Crippen molar-refractivity contribution in [2.75, 3.05) is 26.4 Å². The molecular formula is C75H137NO18. The minimum absolute atomic E-state index is 0.243. The smallest absolute Gasteiger partial charge is 0.220 e. The van der Waals surface area contributed by atoms with Crippen LogP contribution in [-0.2, 0) is 33.2 Å². The molecule has 3 aliphatic heterocycles. The van der Waals surface area contributed by atoms with E-state index in [4.69, 9.17) is 28.4 Å². The van der Waals surface area contributed by atoms with E-state index in [9.17, 15) is 61.0 Å². The second-order valence-electron chi connectivity index (χ2n) is 27.1. The average molecular weight is 1340 g/mol. The van der Waals surface area contributed by atoms with Crippen molar-refractivity contribution in [2.24, 2.45) is 0 Å². The molecule has 550 valence electrons. The van der Waals surface area contributed by atoms with Gasteiger partial charge in [0.25, 0.3) is 0 Å². The topological polar surface area (TPSA) is 307 Å². The molecule has 1 amide bonds. The van der Waals surface area contributed by atoms with Crippen LogP contribution in [0.4, 0.5) is 0 Å². The quantitative estimate of drug-likeness (QED) is 0.0199. The lowest BCUT2D eigenvalue weighted by Crippen LogP contribution is -2.66. The molecule has 19 nitrogen and oxygen atoms in total. The summed E-state index contributed by atoms with van der Waals surface area (Å²) in [5, 5.41) is 121. The Hall–Kier alpha value is -2.25. The van der Waals surface area contributed by atoms with Crippen molar-refractivity contribution in [3.05, 3.63) is 48.6 Å². The summed E-state index contributed by atoms with van der Waals surface area (Å²) >= 11 is 0. The molecule has 0 spiro atoms. The molecule has 94 heavy (non-hydrogen) atoms. The van der Waals surface area contributed by atoms with Gasteiger partial charge < -0.3 is 89.9 Å². The molecule has 3 fully saturated rings. The molecule has 0 aromatic carbocycles. The number of rotatable bonds is 59. The van der Waals surface area contributed by atoms with E-state index in [0.29, 0.717) is 12.8 Å². The fourth-order valence-electron chi connectivity index (χ4n) is 12.8. The number of carbonyl (C=O) groups is 1. The average Bonchev–Trinajstić information content (AvgIpc) is 0.788. The van der Waals surface area contributed by atoms with Gasteiger partial charge in [0.15, 0.2) is 18.9 Å². The SMILES string of the molecule is CC/C=C\C/C=C\C/C=C\C/C=C\CCCCCCCCCCCCCCC(=O)NC(COC1OC(CO)C(OC2OC(CO)C(OC3OC(CO)C(O)C(O)C3O)C(O)C2O)C(O)C1O)C(O)CCCCCCCCCCCCCCCCCCCCCCCCCC. The summed E-state index contributed by atoms with van der Waals surface area (Å²) in [6, 6.07) is -0.891. The van der Waals surface area contributed by atoms with Crippen LogP contribution in [0.1, 0.15) is 290 Å². The maximum absolute atomic E-state index is 13.5. The van der Waals surface area contributed by atoms with E-state index in [0.717, 1.165) is 77.0 Å². The maximum Gasteiger partial charge on any atom is 0.220 e. The van der Waals surface area contributed by atoms with Gasteiger partial charge in [-0.05, 0) is 51.4 Å². The monoisotopic (exact) mass is 1340 g/mol. The first-order chi connectivity index (χ1) is 45.8. The number of aliphatic hydroxyl groups is 11. The number of amides is 1. The zero-order valence-electron chi connectivity index (χ0n) is 58.4. The van der Waals surface area contributed by atoms with Gasteiger partial charge in [-0.1, -0.05) is 281 Å². The summed E-state index contributed by atoms with van der Waals surface area (Å²) in [6.45, 7) is 1.72. The Morgan fingerprint density at radius 1 is 0.394 bits per heavy atom. The first kappa shape index (κ1) is 86.0. The van der Waals surface area contributed by atoms with Crippen LogP contribution in [0.25, 0.3) is 0 Å². The Morgan fingerprint density at radius 3 is 1.15 bits per heavy atom. The highest BCUT2D eigenvalue weighted by molar-refractivity contribution is 5.76. The van der Waals surface area contributed by atoms with Gasteiger partial charge in [-0.25, -0.2) is 0 Å². The van der Waals surface area contributed by atoms with Crippen molar-refractivity contribution in [3.63, 3.8) is 0 Å².